The van der Waals surface area contributed by atoms with Gasteiger partial charge in [-0.15, -0.1) is 10.2 Å². The molecule has 0 saturated heterocycles. The molecule has 2 aromatic carbocycles. The minimum absolute atomic E-state index is 0. The number of carbonyl (C=O) groups excluding carboxylic acids is 1. The molecule has 4 rings (SSSR count). The average molecular weight is 586 g/mol. The number of para-hydroxylation sites is 1. The van der Waals surface area contributed by atoms with Crippen LogP contribution in [-0.2, 0) is 10.0 Å². The second-order valence-corrected chi connectivity index (χ2v) is 10.3. The van der Waals surface area contributed by atoms with E-state index >= 15 is 0 Å². The van der Waals surface area contributed by atoms with Crippen LogP contribution in [0.15, 0.2) is 66.7 Å². The van der Waals surface area contributed by atoms with Gasteiger partial charge in [0, 0.05) is 6.07 Å². The molecule has 13 heteroatoms. The summed E-state index contributed by atoms with van der Waals surface area (Å²) in [5.74, 6) is -0.754. The number of carbonyl (C=O) groups is 1. The molecule has 1 amide bonds. The molecule has 0 aliphatic heterocycles. The Labute approximate surface area is 240 Å². The first-order chi connectivity index (χ1) is 18.8. The smallest absolute Gasteiger partial charge is 0.303 e. The Morgan fingerprint density at radius 2 is 1.60 bits per heavy atom. The topological polar surface area (TPSA) is 135 Å². The maximum Gasteiger partial charge on any atom is 0.303 e. The summed E-state index contributed by atoms with van der Waals surface area (Å²) < 4.78 is 46.2. The van der Waals surface area contributed by atoms with E-state index in [-0.39, 0.29) is 36.8 Å². The van der Waals surface area contributed by atoms with Gasteiger partial charge in [-0.05, 0) is 36.6 Å². The number of rotatable bonds is 11. The minimum Gasteiger partial charge on any atom is -0.494 e. The Balaban J connectivity index is 0.00000441. The van der Waals surface area contributed by atoms with Crippen molar-refractivity contribution in [2.24, 2.45) is 0 Å². The number of hydrogen-bond acceptors (Lipinski definition) is 9. The van der Waals surface area contributed by atoms with Crippen molar-refractivity contribution < 1.29 is 27.4 Å². The zero-order valence-corrected chi connectivity index (χ0v) is 24.3. The third-order valence-electron chi connectivity index (χ3n) is 5.82. The highest BCUT2D eigenvalue weighted by Gasteiger charge is 2.29. The normalized spacial score (nSPS) is 11.7. The van der Waals surface area contributed by atoms with E-state index < -0.39 is 15.9 Å². The molecule has 0 saturated carbocycles. The summed E-state index contributed by atoms with van der Waals surface area (Å²) in [5.41, 5.74) is 1.46. The Morgan fingerprint density at radius 3 is 2.23 bits per heavy atom. The van der Waals surface area contributed by atoms with Gasteiger partial charge in [-0.1, -0.05) is 49.4 Å². The molecule has 0 spiro atoms. The number of nitrogens with one attached hydrogen (secondary N) is 1. The fourth-order valence-corrected chi connectivity index (χ4v) is 5.37. The van der Waals surface area contributed by atoms with Crippen LogP contribution in [0.4, 0.5) is 0 Å². The van der Waals surface area contributed by atoms with Crippen LogP contribution in [0.2, 0.25) is 0 Å². The van der Waals surface area contributed by atoms with E-state index in [1.165, 1.54) is 18.8 Å². The van der Waals surface area contributed by atoms with E-state index in [1.54, 1.807) is 43.3 Å². The van der Waals surface area contributed by atoms with Gasteiger partial charge in [0.05, 0.1) is 26.6 Å². The molecule has 212 valence electrons. The van der Waals surface area contributed by atoms with Gasteiger partial charge in [-0.2, -0.15) is 13.5 Å². The molecule has 11 nitrogen and oxygen atoms in total. The molecule has 0 radical (unpaired) electrons. The number of pyridine rings is 1. The molecule has 2 aromatic heterocycles. The third kappa shape index (κ3) is 6.72. The SMILES string of the molecule is CCOc1cccc(-c2nnc(C(=O)NS(=O)(=O)C[C@@H](C)c3ccccc3)n2-c2c(OC)cccc2OC)n1.S. The highest BCUT2D eigenvalue weighted by atomic mass is 32.2. The fourth-order valence-electron chi connectivity index (χ4n) is 4.06. The van der Waals surface area contributed by atoms with E-state index in [9.17, 15) is 13.2 Å². The molecule has 1 N–H and O–H groups in total. The Bertz CT molecular complexity index is 1540. The van der Waals surface area contributed by atoms with E-state index in [0.29, 0.717) is 35.4 Å². The predicted octanol–water partition coefficient (Wildman–Crippen LogP) is 3.72. The summed E-state index contributed by atoms with van der Waals surface area (Å²) in [6.45, 7) is 4.00. The zero-order chi connectivity index (χ0) is 28.0. The summed E-state index contributed by atoms with van der Waals surface area (Å²) in [6.07, 6.45) is 0. The predicted molar refractivity (Wildman–Crippen MR) is 155 cm³/mol. The standard InChI is InChI=1S/C27H29N5O6S.H2S/c1-5-38-23-16-9-13-20(28-23)25-29-30-26(32(25)24-21(36-3)14-10-15-22(24)37-4)27(33)31-39(34,35)17-18(2)19-11-7-6-8-12-19;/h6-16,18H,5,17H2,1-4H3,(H,31,33);1H2/t18-;/m1./s1. The van der Waals surface area contributed by atoms with Crippen LogP contribution in [0.25, 0.3) is 17.2 Å². The number of amides is 1. The lowest BCUT2D eigenvalue weighted by molar-refractivity contribution is 0.0969. The lowest BCUT2D eigenvalue weighted by atomic mass is 10.0. The van der Waals surface area contributed by atoms with Crippen LogP contribution in [-0.4, -0.2) is 60.7 Å². The fraction of sp³-hybridized carbons (Fsp3) is 0.259. The molecular weight excluding hydrogens is 554 g/mol. The molecule has 0 fully saturated rings. The van der Waals surface area contributed by atoms with E-state index in [1.807, 2.05) is 37.3 Å². The van der Waals surface area contributed by atoms with Crippen molar-refractivity contribution in [1.29, 1.82) is 0 Å². The first kappa shape index (κ1) is 30.4. The van der Waals surface area contributed by atoms with E-state index in [0.717, 1.165) is 5.56 Å². The molecule has 4 aromatic rings. The van der Waals surface area contributed by atoms with Crippen LogP contribution in [0, 0.1) is 0 Å². The molecule has 2 heterocycles. The molecule has 0 aliphatic carbocycles. The highest BCUT2D eigenvalue weighted by molar-refractivity contribution is 7.90. The van der Waals surface area contributed by atoms with E-state index in [4.69, 9.17) is 14.2 Å². The van der Waals surface area contributed by atoms with E-state index in [2.05, 4.69) is 19.9 Å². The van der Waals surface area contributed by atoms with Crippen molar-refractivity contribution in [2.45, 2.75) is 19.8 Å². The van der Waals surface area contributed by atoms with Gasteiger partial charge in [0.25, 0.3) is 0 Å². The average Bonchev–Trinajstić information content (AvgIpc) is 3.38. The van der Waals surface area contributed by atoms with Crippen molar-refractivity contribution in [3.8, 4) is 34.6 Å². The molecule has 0 unspecified atom stereocenters. The number of nitrogens with zero attached hydrogens (tertiary/aromatic N) is 4. The highest BCUT2D eigenvalue weighted by Crippen LogP contribution is 2.36. The number of ether oxygens (including phenoxy) is 3. The zero-order valence-electron chi connectivity index (χ0n) is 22.5. The first-order valence-electron chi connectivity index (χ1n) is 12.1. The van der Waals surface area contributed by atoms with Gasteiger partial charge in [-0.25, -0.2) is 18.1 Å². The largest absolute Gasteiger partial charge is 0.494 e. The van der Waals surface area contributed by atoms with Gasteiger partial charge in [0.2, 0.25) is 21.7 Å². The van der Waals surface area contributed by atoms with Crippen LogP contribution in [0.5, 0.6) is 17.4 Å². The van der Waals surface area contributed by atoms with Crippen molar-refractivity contribution in [3.05, 3.63) is 78.1 Å². The molecule has 1 atom stereocenters. The van der Waals surface area contributed by atoms with Crippen LogP contribution in [0.1, 0.15) is 35.9 Å². The van der Waals surface area contributed by atoms with Gasteiger partial charge in [-0.3, -0.25) is 9.36 Å². The quantitative estimate of drug-likeness (QED) is 0.279. The minimum atomic E-state index is -4.05. The summed E-state index contributed by atoms with van der Waals surface area (Å²) in [7, 11) is -1.13. The summed E-state index contributed by atoms with van der Waals surface area (Å²) in [4.78, 5) is 17.9. The number of hydrogen-bond donors (Lipinski definition) is 1. The Kier molecular flexibility index (Phi) is 10.1. The lowest BCUT2D eigenvalue weighted by Gasteiger charge is -2.17. The van der Waals surface area contributed by atoms with Crippen LogP contribution in [0.3, 0.4) is 0 Å². The van der Waals surface area contributed by atoms with Crippen molar-refractivity contribution in [1.82, 2.24) is 24.5 Å². The number of sulfonamides is 1. The Hall–Kier alpha value is -4.10. The van der Waals surface area contributed by atoms with Crippen molar-refractivity contribution in [3.63, 3.8) is 0 Å². The maximum atomic E-state index is 13.4. The van der Waals surface area contributed by atoms with Gasteiger partial charge in [0.15, 0.2) is 5.82 Å². The maximum absolute atomic E-state index is 13.4. The third-order valence-corrected chi connectivity index (χ3v) is 7.26. The molecular formula is C27H31N5O6S2. The molecule has 0 aliphatic rings. The summed E-state index contributed by atoms with van der Waals surface area (Å²) in [6, 6.07) is 19.3. The van der Waals surface area contributed by atoms with Gasteiger partial charge >= 0.3 is 5.91 Å². The van der Waals surface area contributed by atoms with Crippen LogP contribution >= 0.6 is 13.5 Å². The van der Waals surface area contributed by atoms with Crippen molar-refractivity contribution in [2.75, 3.05) is 26.6 Å². The van der Waals surface area contributed by atoms with Crippen molar-refractivity contribution >= 4 is 29.4 Å². The van der Waals surface area contributed by atoms with Crippen LogP contribution < -0.4 is 18.9 Å². The summed E-state index contributed by atoms with van der Waals surface area (Å²) in [5, 5.41) is 8.26. The number of benzene rings is 2. The van der Waals surface area contributed by atoms with Gasteiger partial charge in [0.1, 0.15) is 22.9 Å². The molecule has 0 bridgehead atoms. The second-order valence-electron chi connectivity index (χ2n) is 8.51. The Morgan fingerprint density at radius 1 is 0.950 bits per heavy atom. The lowest BCUT2D eigenvalue weighted by Crippen LogP contribution is -2.35. The molecule has 40 heavy (non-hydrogen) atoms. The second kappa shape index (κ2) is 13.3. The summed E-state index contributed by atoms with van der Waals surface area (Å²) >= 11 is 0. The number of methoxy groups -OCH3 is 2. The number of aromatic nitrogens is 4. The monoisotopic (exact) mass is 585 g/mol. The first-order valence-corrected chi connectivity index (χ1v) is 13.8. The van der Waals surface area contributed by atoms with Gasteiger partial charge < -0.3 is 14.2 Å².